The standard InChI is InChI=1S/C19H30N4O.ClH/c1-2-23(17-8-4-3-5-9-17)19(24)15-22-12-11-21-14-18(22)16-7-6-10-20-13-16;/h6-7,10,13,17-18,21H,2-5,8-9,11-12,14-15H2,1H3;1H. The lowest BCUT2D eigenvalue weighted by molar-refractivity contribution is -0.136. The number of likely N-dealkylation sites (N-methyl/N-ethyl adjacent to an activating group) is 1. The highest BCUT2D eigenvalue weighted by Crippen LogP contribution is 2.24. The molecule has 6 heteroatoms. The molecule has 1 amide bonds. The minimum absolute atomic E-state index is 0. The third-order valence-corrected chi connectivity index (χ3v) is 5.44. The zero-order valence-corrected chi connectivity index (χ0v) is 16.0. The fourth-order valence-corrected chi connectivity index (χ4v) is 4.13. The van der Waals surface area contributed by atoms with E-state index in [1.54, 1.807) is 6.20 Å². The summed E-state index contributed by atoms with van der Waals surface area (Å²) in [5.41, 5.74) is 1.19. The van der Waals surface area contributed by atoms with Gasteiger partial charge >= 0.3 is 0 Å². The third-order valence-electron chi connectivity index (χ3n) is 5.44. The van der Waals surface area contributed by atoms with E-state index >= 15 is 0 Å². The van der Waals surface area contributed by atoms with Crippen LogP contribution < -0.4 is 5.32 Å². The van der Waals surface area contributed by atoms with Crippen LogP contribution in [-0.2, 0) is 4.79 Å². The molecule has 2 aliphatic rings. The quantitative estimate of drug-likeness (QED) is 0.870. The second kappa shape index (κ2) is 10.1. The zero-order valence-electron chi connectivity index (χ0n) is 15.2. The Morgan fingerprint density at radius 2 is 2.16 bits per heavy atom. The molecule has 2 fully saturated rings. The highest BCUT2D eigenvalue weighted by Gasteiger charge is 2.29. The van der Waals surface area contributed by atoms with Gasteiger partial charge < -0.3 is 10.2 Å². The highest BCUT2D eigenvalue weighted by atomic mass is 35.5. The number of halogens is 1. The number of aromatic nitrogens is 1. The van der Waals surface area contributed by atoms with E-state index in [1.165, 1.54) is 37.7 Å². The van der Waals surface area contributed by atoms with E-state index in [2.05, 4.69) is 33.1 Å². The van der Waals surface area contributed by atoms with Gasteiger partial charge in [-0.2, -0.15) is 0 Å². The number of carbonyl (C=O) groups is 1. The van der Waals surface area contributed by atoms with Crippen LogP contribution in [-0.4, -0.2) is 59.5 Å². The second-order valence-corrected chi connectivity index (χ2v) is 6.95. The molecule has 1 saturated carbocycles. The first-order valence-corrected chi connectivity index (χ1v) is 9.43. The van der Waals surface area contributed by atoms with Gasteiger partial charge in [-0.15, -0.1) is 12.4 Å². The van der Waals surface area contributed by atoms with Crippen LogP contribution in [0.2, 0.25) is 0 Å². The fourth-order valence-electron chi connectivity index (χ4n) is 4.13. The molecule has 25 heavy (non-hydrogen) atoms. The average molecular weight is 367 g/mol. The van der Waals surface area contributed by atoms with Gasteiger partial charge in [0.25, 0.3) is 0 Å². The number of hydrogen-bond donors (Lipinski definition) is 1. The predicted octanol–water partition coefficient (Wildman–Crippen LogP) is 2.63. The molecule has 3 rings (SSSR count). The minimum Gasteiger partial charge on any atom is -0.339 e. The Labute approximate surface area is 157 Å². The van der Waals surface area contributed by atoms with Gasteiger partial charge in [0.1, 0.15) is 0 Å². The zero-order chi connectivity index (χ0) is 16.8. The molecule has 1 aromatic rings. The summed E-state index contributed by atoms with van der Waals surface area (Å²) in [4.78, 5) is 21.7. The normalized spacial score (nSPS) is 22.2. The maximum Gasteiger partial charge on any atom is 0.237 e. The number of carbonyl (C=O) groups excluding carboxylic acids is 1. The Kier molecular flexibility index (Phi) is 8.13. The number of pyridine rings is 1. The van der Waals surface area contributed by atoms with Gasteiger partial charge in [0, 0.05) is 50.7 Å². The Hall–Kier alpha value is -1.17. The van der Waals surface area contributed by atoms with E-state index in [4.69, 9.17) is 0 Å². The van der Waals surface area contributed by atoms with Crippen LogP contribution in [0.4, 0.5) is 0 Å². The van der Waals surface area contributed by atoms with Crippen molar-refractivity contribution in [2.45, 2.75) is 51.1 Å². The van der Waals surface area contributed by atoms with E-state index in [-0.39, 0.29) is 18.4 Å². The SMILES string of the molecule is CCN(C(=O)CN1CCNCC1c1cccnc1)C1CCCCC1.Cl. The maximum atomic E-state index is 13.0. The maximum absolute atomic E-state index is 13.0. The lowest BCUT2D eigenvalue weighted by atomic mass is 9.94. The first-order valence-electron chi connectivity index (χ1n) is 9.43. The summed E-state index contributed by atoms with van der Waals surface area (Å²) in [7, 11) is 0. The summed E-state index contributed by atoms with van der Waals surface area (Å²) in [5, 5.41) is 3.45. The van der Waals surface area contributed by atoms with E-state index in [0.717, 1.165) is 26.2 Å². The molecule has 1 aliphatic carbocycles. The van der Waals surface area contributed by atoms with Crippen molar-refractivity contribution in [3.05, 3.63) is 30.1 Å². The molecule has 140 valence electrons. The average Bonchev–Trinajstić information content (AvgIpc) is 2.64. The van der Waals surface area contributed by atoms with Crippen LogP contribution in [0.5, 0.6) is 0 Å². The number of nitrogens with zero attached hydrogens (tertiary/aromatic N) is 3. The Morgan fingerprint density at radius 3 is 2.84 bits per heavy atom. The largest absolute Gasteiger partial charge is 0.339 e. The smallest absolute Gasteiger partial charge is 0.237 e. The van der Waals surface area contributed by atoms with Crippen molar-refractivity contribution < 1.29 is 4.79 Å². The molecule has 1 N–H and O–H groups in total. The first kappa shape index (κ1) is 20.1. The first-order chi connectivity index (χ1) is 11.8. The fraction of sp³-hybridized carbons (Fsp3) is 0.684. The van der Waals surface area contributed by atoms with Crippen LogP contribution in [0.1, 0.15) is 50.6 Å². The van der Waals surface area contributed by atoms with Crippen molar-refractivity contribution in [1.82, 2.24) is 20.1 Å². The summed E-state index contributed by atoms with van der Waals surface area (Å²) in [6.45, 7) is 6.20. The van der Waals surface area contributed by atoms with Crippen LogP contribution >= 0.6 is 12.4 Å². The van der Waals surface area contributed by atoms with Crippen molar-refractivity contribution in [2.75, 3.05) is 32.7 Å². The van der Waals surface area contributed by atoms with Crippen LogP contribution in [0.15, 0.2) is 24.5 Å². The van der Waals surface area contributed by atoms with Gasteiger partial charge in [0.15, 0.2) is 0 Å². The summed E-state index contributed by atoms with van der Waals surface area (Å²) in [6.07, 6.45) is 9.93. The molecule has 0 bridgehead atoms. The predicted molar refractivity (Wildman–Crippen MR) is 103 cm³/mol. The molecule has 1 unspecified atom stereocenters. The number of hydrogen-bond acceptors (Lipinski definition) is 4. The molecule has 1 aliphatic heterocycles. The van der Waals surface area contributed by atoms with Gasteiger partial charge in [-0.3, -0.25) is 14.7 Å². The van der Waals surface area contributed by atoms with Crippen LogP contribution in [0, 0.1) is 0 Å². The number of piperazine rings is 1. The van der Waals surface area contributed by atoms with Gasteiger partial charge in [-0.1, -0.05) is 25.3 Å². The van der Waals surface area contributed by atoms with Gasteiger partial charge in [0.2, 0.25) is 5.91 Å². The second-order valence-electron chi connectivity index (χ2n) is 6.95. The van der Waals surface area contributed by atoms with E-state index in [9.17, 15) is 4.79 Å². The molecule has 0 radical (unpaired) electrons. The molecule has 0 spiro atoms. The Morgan fingerprint density at radius 1 is 1.36 bits per heavy atom. The molecular formula is C19H31ClN4O. The highest BCUT2D eigenvalue weighted by molar-refractivity contribution is 5.85. The van der Waals surface area contributed by atoms with Gasteiger partial charge in [-0.05, 0) is 31.4 Å². The molecule has 2 heterocycles. The van der Waals surface area contributed by atoms with Crippen LogP contribution in [0.3, 0.4) is 0 Å². The van der Waals surface area contributed by atoms with E-state index in [0.29, 0.717) is 18.5 Å². The third kappa shape index (κ3) is 5.16. The monoisotopic (exact) mass is 366 g/mol. The van der Waals surface area contributed by atoms with Gasteiger partial charge in [-0.25, -0.2) is 0 Å². The lowest BCUT2D eigenvalue weighted by Crippen LogP contribution is -2.52. The number of rotatable bonds is 5. The Bertz CT molecular complexity index is 521. The van der Waals surface area contributed by atoms with Crippen molar-refractivity contribution in [3.8, 4) is 0 Å². The summed E-state index contributed by atoms with van der Waals surface area (Å²) in [5.74, 6) is 0.292. The summed E-state index contributed by atoms with van der Waals surface area (Å²) < 4.78 is 0. The molecule has 5 nitrogen and oxygen atoms in total. The van der Waals surface area contributed by atoms with E-state index in [1.807, 2.05) is 12.3 Å². The van der Waals surface area contributed by atoms with Crippen molar-refractivity contribution in [2.24, 2.45) is 0 Å². The topological polar surface area (TPSA) is 48.5 Å². The van der Waals surface area contributed by atoms with E-state index < -0.39 is 0 Å². The minimum atomic E-state index is 0. The molecule has 0 aromatic carbocycles. The lowest BCUT2D eigenvalue weighted by Gasteiger charge is -2.39. The molecule has 1 aromatic heterocycles. The summed E-state index contributed by atoms with van der Waals surface area (Å²) >= 11 is 0. The molecule has 1 atom stereocenters. The van der Waals surface area contributed by atoms with Crippen molar-refractivity contribution in [1.29, 1.82) is 0 Å². The molecular weight excluding hydrogens is 336 g/mol. The van der Waals surface area contributed by atoms with Crippen molar-refractivity contribution in [3.63, 3.8) is 0 Å². The number of amides is 1. The van der Waals surface area contributed by atoms with Crippen LogP contribution in [0.25, 0.3) is 0 Å². The summed E-state index contributed by atoms with van der Waals surface area (Å²) in [6, 6.07) is 4.78. The van der Waals surface area contributed by atoms with Gasteiger partial charge in [0.05, 0.1) is 6.54 Å². The Balaban J connectivity index is 0.00000225. The molecule has 1 saturated heterocycles. The number of nitrogens with one attached hydrogen (secondary N) is 1. The van der Waals surface area contributed by atoms with Crippen molar-refractivity contribution >= 4 is 18.3 Å².